The molecule has 2 aromatic rings. The molecule has 0 radical (unpaired) electrons. The van der Waals surface area contributed by atoms with Gasteiger partial charge in [-0.25, -0.2) is 0 Å². The predicted molar refractivity (Wildman–Crippen MR) is 95.2 cm³/mol. The van der Waals surface area contributed by atoms with Crippen LogP contribution in [0.1, 0.15) is 31.7 Å². The average molecular weight is 327 g/mol. The summed E-state index contributed by atoms with van der Waals surface area (Å²) in [6.45, 7) is 4.26. The van der Waals surface area contributed by atoms with Gasteiger partial charge < -0.3 is 14.7 Å². The Labute approximate surface area is 143 Å². The zero-order chi connectivity index (χ0) is 16.9. The Morgan fingerprint density at radius 1 is 1.29 bits per heavy atom. The largest absolute Gasteiger partial charge is 0.507 e. The number of aromatic hydroxyl groups is 1. The minimum atomic E-state index is 0.144. The molecule has 1 N–H and O–H groups in total. The fraction of sp³-hybridized carbons (Fsp3) is 0.450. The third-order valence-corrected chi connectivity index (χ3v) is 4.75. The lowest BCUT2D eigenvalue weighted by atomic mass is 10.0. The van der Waals surface area contributed by atoms with E-state index < -0.39 is 0 Å². The van der Waals surface area contributed by atoms with E-state index in [4.69, 9.17) is 4.74 Å². The molecule has 3 rings (SSSR count). The number of ether oxygens (including phenoxy) is 1. The molecule has 1 amide bonds. The van der Waals surface area contributed by atoms with E-state index in [0.29, 0.717) is 25.1 Å². The van der Waals surface area contributed by atoms with Crippen molar-refractivity contribution in [3.63, 3.8) is 0 Å². The molecule has 0 spiro atoms. The summed E-state index contributed by atoms with van der Waals surface area (Å²) in [5, 5.41) is 12.3. The number of fused-ring (bicyclic) bond motifs is 1. The summed E-state index contributed by atoms with van der Waals surface area (Å²) >= 11 is 0. The number of hydrogen-bond acceptors (Lipinski definition) is 3. The highest BCUT2D eigenvalue weighted by Gasteiger charge is 2.21. The number of rotatable bonds is 4. The van der Waals surface area contributed by atoms with Gasteiger partial charge >= 0.3 is 0 Å². The van der Waals surface area contributed by atoms with E-state index in [1.807, 2.05) is 41.3 Å². The van der Waals surface area contributed by atoms with Crippen LogP contribution in [0.4, 0.5) is 0 Å². The summed E-state index contributed by atoms with van der Waals surface area (Å²) in [5.41, 5.74) is 0.833. The zero-order valence-corrected chi connectivity index (χ0v) is 14.2. The molecular weight excluding hydrogens is 302 g/mol. The lowest BCUT2D eigenvalue weighted by molar-refractivity contribution is -0.132. The molecule has 24 heavy (non-hydrogen) atoms. The summed E-state index contributed by atoms with van der Waals surface area (Å²) < 4.78 is 5.73. The lowest BCUT2D eigenvalue weighted by Gasteiger charge is -2.23. The van der Waals surface area contributed by atoms with E-state index in [1.165, 1.54) is 0 Å². The predicted octanol–water partition coefficient (Wildman–Crippen LogP) is 3.51. The van der Waals surface area contributed by atoms with E-state index in [0.717, 1.165) is 42.3 Å². The number of phenolic OH excluding ortho intramolecular Hbond substituents is 1. The summed E-state index contributed by atoms with van der Waals surface area (Å²) in [5.74, 6) is 0.443. The number of benzene rings is 2. The number of carbonyl (C=O) groups is 1. The molecule has 0 aliphatic carbocycles. The van der Waals surface area contributed by atoms with E-state index in [-0.39, 0.29) is 12.0 Å². The first-order valence-corrected chi connectivity index (χ1v) is 8.78. The molecule has 4 nitrogen and oxygen atoms in total. The van der Waals surface area contributed by atoms with Crippen molar-refractivity contribution >= 4 is 16.7 Å². The topological polar surface area (TPSA) is 49.8 Å². The zero-order valence-electron chi connectivity index (χ0n) is 14.2. The van der Waals surface area contributed by atoms with Crippen molar-refractivity contribution in [2.45, 2.75) is 38.7 Å². The van der Waals surface area contributed by atoms with Gasteiger partial charge in [-0.3, -0.25) is 4.79 Å². The Bertz CT molecular complexity index is 713. The molecule has 2 aromatic carbocycles. The van der Waals surface area contributed by atoms with Crippen molar-refractivity contribution in [2.75, 3.05) is 19.7 Å². The van der Waals surface area contributed by atoms with E-state index in [1.54, 1.807) is 0 Å². The van der Waals surface area contributed by atoms with Crippen LogP contribution in [-0.2, 0) is 16.0 Å². The molecule has 1 atom stereocenters. The smallest absolute Gasteiger partial charge is 0.222 e. The second-order valence-corrected chi connectivity index (χ2v) is 6.39. The van der Waals surface area contributed by atoms with Crippen molar-refractivity contribution in [1.29, 1.82) is 0 Å². The summed E-state index contributed by atoms with van der Waals surface area (Å²) in [4.78, 5) is 14.5. The van der Waals surface area contributed by atoms with Crippen molar-refractivity contribution in [3.05, 3.63) is 42.0 Å². The van der Waals surface area contributed by atoms with E-state index in [2.05, 4.69) is 6.92 Å². The van der Waals surface area contributed by atoms with Crippen LogP contribution in [0.2, 0.25) is 0 Å². The van der Waals surface area contributed by atoms with Gasteiger partial charge in [0, 0.05) is 31.5 Å². The van der Waals surface area contributed by atoms with Crippen LogP contribution in [0, 0.1) is 0 Å². The van der Waals surface area contributed by atoms with Crippen molar-refractivity contribution in [1.82, 2.24) is 4.90 Å². The Hall–Kier alpha value is -2.07. The fourth-order valence-electron chi connectivity index (χ4n) is 3.27. The van der Waals surface area contributed by atoms with Gasteiger partial charge in [0.15, 0.2) is 0 Å². The minimum absolute atomic E-state index is 0.144. The van der Waals surface area contributed by atoms with Crippen molar-refractivity contribution < 1.29 is 14.6 Å². The molecule has 1 saturated heterocycles. The summed E-state index contributed by atoms with van der Waals surface area (Å²) in [7, 11) is 0. The third-order valence-electron chi connectivity index (χ3n) is 4.75. The molecule has 0 unspecified atom stereocenters. The first kappa shape index (κ1) is 16.8. The molecule has 1 aliphatic heterocycles. The van der Waals surface area contributed by atoms with Crippen molar-refractivity contribution in [2.24, 2.45) is 0 Å². The van der Waals surface area contributed by atoms with Gasteiger partial charge in [-0.05, 0) is 30.2 Å². The van der Waals surface area contributed by atoms with Gasteiger partial charge in [0.1, 0.15) is 5.75 Å². The minimum Gasteiger partial charge on any atom is -0.507 e. The Kier molecular flexibility index (Phi) is 5.36. The van der Waals surface area contributed by atoms with Crippen LogP contribution in [-0.4, -0.2) is 41.7 Å². The molecule has 4 heteroatoms. The standard InChI is InChI=1S/C20H25NO3/c1-2-17-14-21(12-5-13-24-17)19(22)11-10-16-9-8-15-6-3-4-7-18(15)20(16)23/h3-4,6-9,17,23H,2,5,10-14H2,1H3/t17-/m1/s1. The van der Waals surface area contributed by atoms with Crippen LogP contribution in [0.25, 0.3) is 10.8 Å². The van der Waals surface area contributed by atoms with E-state index >= 15 is 0 Å². The van der Waals surface area contributed by atoms with Crippen LogP contribution < -0.4 is 0 Å². The summed E-state index contributed by atoms with van der Waals surface area (Å²) in [6, 6.07) is 11.7. The number of hydrogen-bond donors (Lipinski definition) is 1. The van der Waals surface area contributed by atoms with Crippen LogP contribution >= 0.6 is 0 Å². The molecular formula is C20H25NO3. The van der Waals surface area contributed by atoms with Crippen LogP contribution in [0.3, 0.4) is 0 Å². The average Bonchev–Trinajstić information content (AvgIpc) is 2.87. The number of amides is 1. The van der Waals surface area contributed by atoms with Gasteiger partial charge in [-0.2, -0.15) is 0 Å². The van der Waals surface area contributed by atoms with Gasteiger partial charge in [0.25, 0.3) is 0 Å². The van der Waals surface area contributed by atoms with Gasteiger partial charge in [-0.15, -0.1) is 0 Å². The Morgan fingerprint density at radius 3 is 2.96 bits per heavy atom. The maximum absolute atomic E-state index is 12.5. The van der Waals surface area contributed by atoms with Gasteiger partial charge in [0.2, 0.25) is 5.91 Å². The summed E-state index contributed by atoms with van der Waals surface area (Å²) in [6.07, 6.45) is 2.94. The maximum Gasteiger partial charge on any atom is 0.222 e. The second-order valence-electron chi connectivity index (χ2n) is 6.39. The first-order chi connectivity index (χ1) is 11.7. The highest BCUT2D eigenvalue weighted by molar-refractivity contribution is 5.89. The van der Waals surface area contributed by atoms with Crippen LogP contribution in [0.15, 0.2) is 36.4 Å². The SMILES string of the molecule is CC[C@@H]1CN(C(=O)CCc2ccc3ccccc3c2O)CCCO1. The highest BCUT2D eigenvalue weighted by Crippen LogP contribution is 2.29. The molecule has 128 valence electrons. The maximum atomic E-state index is 12.5. The molecule has 0 aromatic heterocycles. The monoisotopic (exact) mass is 327 g/mol. The van der Waals surface area contributed by atoms with Gasteiger partial charge in [0.05, 0.1) is 6.10 Å². The molecule has 0 bridgehead atoms. The number of carbonyl (C=O) groups excluding carboxylic acids is 1. The Balaban J connectivity index is 1.66. The van der Waals surface area contributed by atoms with Crippen molar-refractivity contribution in [3.8, 4) is 5.75 Å². The molecule has 1 aliphatic rings. The highest BCUT2D eigenvalue weighted by atomic mass is 16.5. The van der Waals surface area contributed by atoms with E-state index in [9.17, 15) is 9.90 Å². The fourth-order valence-corrected chi connectivity index (χ4v) is 3.27. The Morgan fingerprint density at radius 2 is 2.12 bits per heavy atom. The number of aryl methyl sites for hydroxylation is 1. The lowest BCUT2D eigenvalue weighted by Crippen LogP contribution is -2.36. The van der Waals surface area contributed by atoms with Gasteiger partial charge in [-0.1, -0.05) is 43.3 Å². The quantitative estimate of drug-likeness (QED) is 0.935. The number of nitrogens with zero attached hydrogens (tertiary/aromatic N) is 1. The molecule has 1 heterocycles. The second kappa shape index (κ2) is 7.67. The normalized spacial score (nSPS) is 18.5. The van der Waals surface area contributed by atoms with Crippen LogP contribution in [0.5, 0.6) is 5.75 Å². The number of phenols is 1. The first-order valence-electron chi connectivity index (χ1n) is 8.78. The third kappa shape index (κ3) is 3.70. The molecule has 1 fully saturated rings. The molecule has 0 saturated carbocycles.